The van der Waals surface area contributed by atoms with Crippen molar-refractivity contribution in [3.05, 3.63) is 41.5 Å². The van der Waals surface area contributed by atoms with Crippen LogP contribution in [0.1, 0.15) is 124 Å². The van der Waals surface area contributed by atoms with E-state index in [0.29, 0.717) is 23.6 Å². The summed E-state index contributed by atoms with van der Waals surface area (Å²) in [5.74, 6) is 6.05. The van der Waals surface area contributed by atoms with E-state index in [9.17, 15) is 4.79 Å². The molecule has 4 unspecified atom stereocenters. The van der Waals surface area contributed by atoms with Gasteiger partial charge in [0.1, 0.15) is 0 Å². The molecule has 0 amide bonds. The molecule has 6 heteroatoms. The minimum atomic E-state index is -0.235. The molecule has 0 aromatic heterocycles. The first-order valence-corrected chi connectivity index (χ1v) is 20.1. The Hall–Kier alpha value is -1.52. The Balaban J connectivity index is 1.11. The summed E-state index contributed by atoms with van der Waals surface area (Å²) in [6.45, 7) is 14.1. The Morgan fingerprint density at radius 2 is 1.68 bits per heavy atom. The first-order valence-electron chi connectivity index (χ1n) is 19.0. The number of benzene rings is 1. The molecule has 3 saturated carbocycles. The predicted molar refractivity (Wildman–Crippen MR) is 200 cm³/mol. The monoisotopic (exact) mass is 684 g/mol. The van der Waals surface area contributed by atoms with E-state index in [0.717, 1.165) is 85.7 Å². The van der Waals surface area contributed by atoms with Gasteiger partial charge in [0, 0.05) is 37.0 Å². The van der Waals surface area contributed by atoms with Crippen molar-refractivity contribution in [3.8, 4) is 0 Å². The molecule has 0 bridgehead atoms. The number of rotatable bonds is 15. The van der Waals surface area contributed by atoms with Gasteiger partial charge < -0.3 is 9.74 Å². The zero-order valence-corrected chi connectivity index (χ0v) is 31.6. The van der Waals surface area contributed by atoms with Crippen LogP contribution >= 0.6 is 23.2 Å². The minimum absolute atomic E-state index is 0.235. The first kappa shape index (κ1) is 36.8. The van der Waals surface area contributed by atoms with E-state index in [1.807, 2.05) is 0 Å². The number of alkyl halides is 2. The average molecular weight is 686 g/mol. The van der Waals surface area contributed by atoms with Crippen LogP contribution in [0.2, 0.25) is 0 Å². The number of nitrogens with zero attached hydrogens (tertiary/aromatic N) is 2. The summed E-state index contributed by atoms with van der Waals surface area (Å²) < 4.78 is 0. The summed E-state index contributed by atoms with van der Waals surface area (Å²) in [6, 6.07) is 8.49. The van der Waals surface area contributed by atoms with Gasteiger partial charge in [0.15, 0.2) is 0 Å². The van der Waals surface area contributed by atoms with E-state index in [1.165, 1.54) is 63.4 Å². The third-order valence-electron chi connectivity index (χ3n) is 13.3. The summed E-state index contributed by atoms with van der Waals surface area (Å²) >= 11 is 11.9. The van der Waals surface area contributed by atoms with Crippen LogP contribution in [0.5, 0.6) is 0 Å². The lowest BCUT2D eigenvalue weighted by Crippen LogP contribution is -2.51. The maximum atomic E-state index is 12.6. The third kappa shape index (κ3) is 8.45. The first-order chi connectivity index (χ1) is 22.6. The Morgan fingerprint density at radius 1 is 0.936 bits per heavy atom. The number of hydrogen-bond donors (Lipinski definition) is 0. The van der Waals surface area contributed by atoms with Crippen LogP contribution in [0.3, 0.4) is 0 Å². The Kier molecular flexibility index (Phi) is 12.9. The van der Waals surface area contributed by atoms with E-state index >= 15 is 0 Å². The largest absolute Gasteiger partial charge is 0.369 e. The molecule has 262 valence electrons. The van der Waals surface area contributed by atoms with Crippen LogP contribution in [0.25, 0.3) is 0 Å². The quantitative estimate of drug-likeness (QED) is 0.105. The second-order valence-corrected chi connectivity index (χ2v) is 17.2. The average Bonchev–Trinajstić information content (AvgIpc) is 3.41. The van der Waals surface area contributed by atoms with Gasteiger partial charge in [-0.3, -0.25) is 0 Å². The van der Waals surface area contributed by atoms with E-state index in [4.69, 9.17) is 28.0 Å². The lowest BCUT2D eigenvalue weighted by molar-refractivity contribution is -0.143. The standard InChI is InChI=1S/C41H62Cl2N2O2/c1-29(2)8-6-9-30(3)36-18-19-37-35-17-14-32-28-33(20-22-40(32,4)38(35)21-23-41(36,37)5)44-47-39(46)11-7-10-31-12-15-34(16-13-31)45(26-24-42)27-25-43/h12-13,15-16,28-30,35-38H,6-11,14,17-27H2,1-5H3/b44-33+/t30-,35?,36?,37?,38?,40+,41-/m1/s1. The maximum Gasteiger partial charge on any atom is 0.335 e. The summed E-state index contributed by atoms with van der Waals surface area (Å²) in [5.41, 5.74) is 5.67. The molecule has 5 rings (SSSR count). The number of anilines is 1. The fourth-order valence-corrected chi connectivity index (χ4v) is 11.1. The highest BCUT2D eigenvalue weighted by Gasteiger charge is 2.59. The Bertz CT molecular complexity index is 1240. The lowest BCUT2D eigenvalue weighted by atomic mass is 9.46. The van der Waals surface area contributed by atoms with Gasteiger partial charge in [-0.2, -0.15) is 0 Å². The summed E-state index contributed by atoms with van der Waals surface area (Å²) in [6.07, 6.45) is 18.7. The van der Waals surface area contributed by atoms with Crippen LogP contribution in [-0.4, -0.2) is 36.5 Å². The SMILES string of the molecule is CC(C)CCC[C@@H](C)C1CCC2C3CCC4=C/C(=N/OC(=O)CCCc5ccc(N(CCCl)CCCl)cc5)CC[C@]4(C)C3CC[C@@]21C. The minimum Gasteiger partial charge on any atom is -0.369 e. The molecular weight excluding hydrogens is 623 g/mol. The van der Waals surface area contributed by atoms with E-state index in [2.05, 4.69) is 75.0 Å². The van der Waals surface area contributed by atoms with Crippen molar-refractivity contribution >= 4 is 40.6 Å². The van der Waals surface area contributed by atoms with Crippen LogP contribution in [0.4, 0.5) is 5.69 Å². The zero-order valence-electron chi connectivity index (χ0n) is 30.0. The molecule has 3 fully saturated rings. The van der Waals surface area contributed by atoms with Crippen LogP contribution in [0.15, 0.2) is 41.1 Å². The summed E-state index contributed by atoms with van der Waals surface area (Å²) in [7, 11) is 0. The number of halogens is 2. The zero-order chi connectivity index (χ0) is 33.6. The van der Waals surface area contributed by atoms with E-state index in [-0.39, 0.29) is 11.4 Å². The van der Waals surface area contributed by atoms with Crippen molar-refractivity contribution in [3.63, 3.8) is 0 Å². The summed E-state index contributed by atoms with van der Waals surface area (Å²) in [5, 5.41) is 4.39. The van der Waals surface area contributed by atoms with Crippen molar-refractivity contribution in [2.75, 3.05) is 29.7 Å². The van der Waals surface area contributed by atoms with Gasteiger partial charge in [-0.1, -0.05) is 76.7 Å². The number of hydrogen-bond acceptors (Lipinski definition) is 4. The van der Waals surface area contributed by atoms with Crippen molar-refractivity contribution in [1.82, 2.24) is 0 Å². The van der Waals surface area contributed by atoms with Crippen molar-refractivity contribution in [2.24, 2.45) is 51.5 Å². The number of allylic oxidation sites excluding steroid dienone is 2. The molecule has 4 aliphatic carbocycles. The molecule has 4 nitrogen and oxygen atoms in total. The van der Waals surface area contributed by atoms with Gasteiger partial charge in [0.05, 0.1) is 5.71 Å². The van der Waals surface area contributed by atoms with Crippen LogP contribution in [-0.2, 0) is 16.1 Å². The number of oxime groups is 1. The summed E-state index contributed by atoms with van der Waals surface area (Å²) in [4.78, 5) is 20.3. The number of aryl methyl sites for hydroxylation is 1. The molecule has 1 aromatic carbocycles. The number of carbonyl (C=O) groups is 1. The highest BCUT2D eigenvalue weighted by molar-refractivity contribution is 6.18. The topological polar surface area (TPSA) is 41.9 Å². The maximum absolute atomic E-state index is 12.6. The van der Waals surface area contributed by atoms with Gasteiger partial charge in [0.2, 0.25) is 0 Å². The molecule has 7 atom stereocenters. The fraction of sp³-hybridized carbons (Fsp3) is 0.756. The van der Waals surface area contributed by atoms with Gasteiger partial charge in [-0.05, 0) is 134 Å². The van der Waals surface area contributed by atoms with Gasteiger partial charge in [-0.25, -0.2) is 4.79 Å². The van der Waals surface area contributed by atoms with Crippen LogP contribution < -0.4 is 4.90 Å². The van der Waals surface area contributed by atoms with Crippen molar-refractivity contribution < 1.29 is 9.63 Å². The molecule has 0 spiro atoms. The van der Waals surface area contributed by atoms with Crippen molar-refractivity contribution in [2.45, 2.75) is 125 Å². The van der Waals surface area contributed by atoms with Crippen LogP contribution in [0, 0.1) is 46.3 Å². The number of carbonyl (C=O) groups excluding carboxylic acids is 1. The molecule has 0 radical (unpaired) electrons. The number of fused-ring (bicyclic) bond motifs is 5. The molecule has 0 heterocycles. The molecule has 47 heavy (non-hydrogen) atoms. The molecular formula is C41H62Cl2N2O2. The van der Waals surface area contributed by atoms with E-state index in [1.54, 1.807) is 5.57 Å². The lowest BCUT2D eigenvalue weighted by Gasteiger charge is -2.58. The molecule has 0 aliphatic heterocycles. The van der Waals surface area contributed by atoms with Crippen molar-refractivity contribution in [1.29, 1.82) is 0 Å². The van der Waals surface area contributed by atoms with Gasteiger partial charge in [-0.15, -0.1) is 23.2 Å². The normalized spacial score (nSPS) is 31.6. The predicted octanol–water partition coefficient (Wildman–Crippen LogP) is 11.2. The second kappa shape index (κ2) is 16.5. The highest BCUT2D eigenvalue weighted by Crippen LogP contribution is 2.67. The highest BCUT2D eigenvalue weighted by atomic mass is 35.5. The molecule has 4 aliphatic rings. The Labute approximate surface area is 296 Å². The third-order valence-corrected chi connectivity index (χ3v) is 13.6. The fourth-order valence-electron chi connectivity index (χ4n) is 10.7. The van der Waals surface area contributed by atoms with Gasteiger partial charge >= 0.3 is 5.97 Å². The van der Waals surface area contributed by atoms with Gasteiger partial charge in [0.25, 0.3) is 0 Å². The Morgan fingerprint density at radius 3 is 2.38 bits per heavy atom. The molecule has 0 saturated heterocycles. The molecule has 1 aromatic rings. The molecule has 0 N–H and O–H groups in total. The second-order valence-electron chi connectivity index (χ2n) is 16.5. The smallest absolute Gasteiger partial charge is 0.335 e. The van der Waals surface area contributed by atoms with E-state index < -0.39 is 0 Å².